The van der Waals surface area contributed by atoms with E-state index in [1.54, 1.807) is 0 Å². The van der Waals surface area contributed by atoms with Gasteiger partial charge < -0.3 is 0 Å². The van der Waals surface area contributed by atoms with Gasteiger partial charge >= 0.3 is 0 Å². The molecule has 0 radical (unpaired) electrons. The lowest BCUT2D eigenvalue weighted by molar-refractivity contribution is 1.07. The molecule has 2 aromatic rings. The van der Waals surface area contributed by atoms with Gasteiger partial charge in [0, 0.05) is 10.0 Å². The van der Waals surface area contributed by atoms with Crippen LogP contribution in [0.3, 0.4) is 0 Å². The van der Waals surface area contributed by atoms with Crippen LogP contribution in [-0.2, 0) is 0 Å². The Labute approximate surface area is 112 Å². The van der Waals surface area contributed by atoms with Gasteiger partial charge in [0.2, 0.25) is 0 Å². The Bertz CT molecular complexity index is 474. The molecular formula is C8H3BrClIN2S. The predicted octanol–water partition coefficient (Wildman–Crippen LogP) is 4.23. The van der Waals surface area contributed by atoms with Crippen molar-refractivity contribution in [1.29, 1.82) is 0 Å². The van der Waals surface area contributed by atoms with E-state index in [0.717, 1.165) is 18.1 Å². The molecule has 0 amide bonds. The zero-order valence-electron chi connectivity index (χ0n) is 6.67. The lowest BCUT2D eigenvalue weighted by atomic mass is 10.2. The molecule has 0 saturated carbocycles. The Morgan fingerprint density at radius 1 is 1.36 bits per heavy atom. The van der Waals surface area contributed by atoms with E-state index in [2.05, 4.69) is 48.7 Å². The van der Waals surface area contributed by atoms with Crippen LogP contribution in [0.5, 0.6) is 0 Å². The van der Waals surface area contributed by atoms with Crippen molar-refractivity contribution in [3.05, 3.63) is 30.7 Å². The summed E-state index contributed by atoms with van der Waals surface area (Å²) in [6.07, 6.45) is 0. The molecular weight excluding hydrogens is 398 g/mol. The topological polar surface area (TPSA) is 25.8 Å². The Morgan fingerprint density at radius 3 is 2.79 bits per heavy atom. The second-order valence-corrected chi connectivity index (χ2v) is 6.43. The van der Waals surface area contributed by atoms with E-state index < -0.39 is 0 Å². The zero-order valence-corrected chi connectivity index (χ0v) is 12.0. The molecule has 0 bridgehead atoms. The number of benzene rings is 1. The van der Waals surface area contributed by atoms with E-state index in [1.807, 2.05) is 18.2 Å². The first kappa shape index (κ1) is 10.8. The van der Waals surface area contributed by atoms with Gasteiger partial charge in [-0.2, -0.15) is 0 Å². The molecule has 14 heavy (non-hydrogen) atoms. The summed E-state index contributed by atoms with van der Waals surface area (Å²) in [5, 5.41) is 9.52. The predicted molar refractivity (Wildman–Crippen MR) is 70.8 cm³/mol. The summed E-state index contributed by atoms with van der Waals surface area (Å²) in [4.78, 5) is 0. The first-order valence-corrected chi connectivity index (χ1v) is 6.68. The lowest BCUT2D eigenvalue weighted by Gasteiger charge is -2.00. The van der Waals surface area contributed by atoms with Crippen LogP contribution in [-0.4, -0.2) is 10.2 Å². The Morgan fingerprint density at radius 2 is 2.14 bits per heavy atom. The van der Waals surface area contributed by atoms with Crippen LogP contribution in [0.4, 0.5) is 0 Å². The molecule has 0 aliphatic heterocycles. The molecule has 0 unspecified atom stereocenters. The van der Waals surface area contributed by atoms with Crippen LogP contribution < -0.4 is 0 Å². The molecule has 2 rings (SSSR count). The normalized spacial score (nSPS) is 10.5. The first-order chi connectivity index (χ1) is 6.68. The summed E-state index contributed by atoms with van der Waals surface area (Å²) in [6, 6.07) is 5.76. The fourth-order valence-corrected chi connectivity index (χ4v) is 2.96. The van der Waals surface area contributed by atoms with Crippen molar-refractivity contribution in [2.75, 3.05) is 0 Å². The molecule has 0 fully saturated rings. The molecule has 0 spiro atoms. The molecule has 0 aliphatic carbocycles. The van der Waals surface area contributed by atoms with Crippen molar-refractivity contribution in [3.63, 3.8) is 0 Å². The number of hydrogen-bond acceptors (Lipinski definition) is 3. The van der Waals surface area contributed by atoms with Crippen LogP contribution in [0.2, 0.25) is 5.02 Å². The highest BCUT2D eigenvalue weighted by Gasteiger charge is 2.10. The molecule has 0 atom stereocenters. The van der Waals surface area contributed by atoms with Crippen LogP contribution >= 0.6 is 61.5 Å². The highest BCUT2D eigenvalue weighted by atomic mass is 127. The van der Waals surface area contributed by atoms with Crippen molar-refractivity contribution in [2.24, 2.45) is 0 Å². The van der Waals surface area contributed by atoms with Gasteiger partial charge in [-0.15, -0.1) is 10.2 Å². The number of halogens is 3. The highest BCUT2D eigenvalue weighted by molar-refractivity contribution is 14.1. The monoisotopic (exact) mass is 400 g/mol. The highest BCUT2D eigenvalue weighted by Crippen LogP contribution is 2.35. The number of hydrogen-bond donors (Lipinski definition) is 0. The van der Waals surface area contributed by atoms with E-state index in [-0.39, 0.29) is 0 Å². The lowest BCUT2D eigenvalue weighted by Crippen LogP contribution is -1.79. The first-order valence-electron chi connectivity index (χ1n) is 3.62. The van der Waals surface area contributed by atoms with Crippen LogP contribution in [0.25, 0.3) is 10.6 Å². The third kappa shape index (κ3) is 2.10. The molecule has 0 saturated heterocycles. The zero-order chi connectivity index (χ0) is 10.1. The van der Waals surface area contributed by atoms with Gasteiger partial charge in [0.05, 0.1) is 5.02 Å². The Hall–Kier alpha value is 0.280. The maximum absolute atomic E-state index is 6.13. The molecule has 72 valence electrons. The van der Waals surface area contributed by atoms with E-state index in [1.165, 1.54) is 11.3 Å². The number of rotatable bonds is 1. The Balaban J connectivity index is 2.57. The minimum absolute atomic E-state index is 0.681. The second kappa shape index (κ2) is 4.42. The molecule has 6 heteroatoms. The summed E-state index contributed by atoms with van der Waals surface area (Å²) in [5.74, 6) is 0. The third-order valence-corrected chi connectivity index (χ3v) is 4.50. The molecule has 2 nitrogen and oxygen atoms in total. The fourth-order valence-electron chi connectivity index (χ4n) is 0.983. The quantitative estimate of drug-likeness (QED) is 0.669. The smallest absolute Gasteiger partial charge is 0.137 e. The molecule has 0 aliphatic rings. The minimum atomic E-state index is 0.681. The van der Waals surface area contributed by atoms with Crippen molar-refractivity contribution in [1.82, 2.24) is 10.2 Å². The van der Waals surface area contributed by atoms with Crippen LogP contribution in [0.1, 0.15) is 0 Å². The van der Waals surface area contributed by atoms with Gasteiger partial charge in [-0.1, -0.05) is 35.1 Å². The van der Waals surface area contributed by atoms with Gasteiger partial charge in [0.1, 0.15) is 5.01 Å². The number of aromatic nitrogens is 2. The SMILES string of the molecule is Clc1c(Br)cccc1-c1nnc(I)s1. The van der Waals surface area contributed by atoms with Gasteiger partial charge in [0.25, 0.3) is 0 Å². The fraction of sp³-hybridized carbons (Fsp3) is 0. The third-order valence-electron chi connectivity index (χ3n) is 1.58. The van der Waals surface area contributed by atoms with Crippen LogP contribution in [0.15, 0.2) is 22.7 Å². The average molecular weight is 401 g/mol. The summed E-state index contributed by atoms with van der Waals surface area (Å²) in [6.45, 7) is 0. The second-order valence-electron chi connectivity index (χ2n) is 2.46. The van der Waals surface area contributed by atoms with E-state index in [4.69, 9.17) is 11.6 Å². The minimum Gasteiger partial charge on any atom is -0.137 e. The van der Waals surface area contributed by atoms with Crippen LogP contribution in [0, 0.1) is 3.01 Å². The molecule has 0 N–H and O–H groups in total. The molecule has 1 aromatic carbocycles. The van der Waals surface area contributed by atoms with E-state index >= 15 is 0 Å². The van der Waals surface area contributed by atoms with Crippen molar-refractivity contribution >= 4 is 61.5 Å². The summed E-state index contributed by atoms with van der Waals surface area (Å²) in [5.41, 5.74) is 0.918. The van der Waals surface area contributed by atoms with Gasteiger partial charge in [-0.25, -0.2) is 0 Å². The number of nitrogens with zero attached hydrogens (tertiary/aromatic N) is 2. The summed E-state index contributed by atoms with van der Waals surface area (Å²) >= 11 is 13.2. The van der Waals surface area contributed by atoms with Crippen molar-refractivity contribution in [3.8, 4) is 10.6 Å². The van der Waals surface area contributed by atoms with Crippen molar-refractivity contribution < 1.29 is 0 Å². The molecule has 1 heterocycles. The Kier molecular flexibility index (Phi) is 3.41. The standard InChI is InChI=1S/C8H3BrClIN2S/c9-5-3-1-2-4(6(5)10)7-12-13-8(11)14-7/h1-3H. The van der Waals surface area contributed by atoms with Gasteiger partial charge in [-0.05, 0) is 44.6 Å². The largest absolute Gasteiger partial charge is 0.178 e. The maximum Gasteiger partial charge on any atom is 0.178 e. The van der Waals surface area contributed by atoms with Gasteiger partial charge in [0.15, 0.2) is 3.01 Å². The molecule has 1 aromatic heterocycles. The maximum atomic E-state index is 6.13. The van der Waals surface area contributed by atoms with E-state index in [0.29, 0.717) is 5.02 Å². The van der Waals surface area contributed by atoms with E-state index in [9.17, 15) is 0 Å². The summed E-state index contributed by atoms with van der Waals surface area (Å²) in [7, 11) is 0. The average Bonchev–Trinajstić information content (AvgIpc) is 2.57. The van der Waals surface area contributed by atoms with Crippen molar-refractivity contribution in [2.45, 2.75) is 0 Å². The van der Waals surface area contributed by atoms with Gasteiger partial charge in [-0.3, -0.25) is 0 Å². The summed E-state index contributed by atoms with van der Waals surface area (Å²) < 4.78 is 1.79.